The lowest BCUT2D eigenvalue weighted by molar-refractivity contribution is -0.150. The minimum atomic E-state index is -1.82. The van der Waals surface area contributed by atoms with E-state index in [0.717, 1.165) is 0 Å². The molecule has 180 valence electrons. The Bertz CT molecular complexity index is 1350. The lowest BCUT2D eigenvalue weighted by Crippen LogP contribution is -2.48. The molecule has 0 saturated heterocycles. The van der Waals surface area contributed by atoms with E-state index in [1.54, 1.807) is 75.4 Å². The first-order valence-corrected chi connectivity index (χ1v) is 11.3. The number of para-hydroxylation sites is 2. The van der Waals surface area contributed by atoms with Crippen LogP contribution in [0.2, 0.25) is 0 Å². The molecule has 7 nitrogen and oxygen atoms in total. The highest BCUT2D eigenvalue weighted by Crippen LogP contribution is 2.49. The Kier molecular flexibility index (Phi) is 6.11. The van der Waals surface area contributed by atoms with Crippen molar-refractivity contribution in [3.63, 3.8) is 0 Å². The second-order valence-electron chi connectivity index (χ2n) is 9.27. The molecular formula is C28H28N2O5. The zero-order chi connectivity index (χ0) is 25.4. The van der Waals surface area contributed by atoms with E-state index >= 15 is 0 Å². The van der Waals surface area contributed by atoms with Crippen LogP contribution in [-0.4, -0.2) is 41.3 Å². The highest BCUT2D eigenvalue weighted by Gasteiger charge is 2.59. The van der Waals surface area contributed by atoms with Crippen LogP contribution in [-0.2, 0) is 24.5 Å². The summed E-state index contributed by atoms with van der Waals surface area (Å²) < 4.78 is 12.5. The quantitative estimate of drug-likeness (QED) is 0.288. The molecule has 1 unspecified atom stereocenters. The standard InChI is InChI=1S/C28H28N2O5/c1-6-16-29-23-15-11-9-13-20(23)28(24(29)31,25(32)34-17-7-2)21-18-30(26(33)35-27(3,4)5)22-14-10-8-12-19(21)22/h6-15,18H,1-2,16-17H2,3-5H3. The molecule has 1 aromatic heterocycles. The van der Waals surface area contributed by atoms with Crippen LogP contribution in [0.1, 0.15) is 31.9 Å². The predicted octanol–water partition coefficient (Wildman–Crippen LogP) is 4.97. The monoisotopic (exact) mass is 472 g/mol. The second kappa shape index (κ2) is 8.91. The van der Waals surface area contributed by atoms with Gasteiger partial charge in [0.2, 0.25) is 5.41 Å². The van der Waals surface area contributed by atoms with Gasteiger partial charge in [-0.2, -0.15) is 0 Å². The molecule has 1 atom stereocenters. The molecule has 7 heteroatoms. The van der Waals surface area contributed by atoms with E-state index in [4.69, 9.17) is 9.47 Å². The lowest BCUT2D eigenvalue weighted by atomic mass is 9.75. The third-order valence-corrected chi connectivity index (χ3v) is 5.82. The smallest absolute Gasteiger partial charge is 0.419 e. The molecule has 1 aliphatic rings. The van der Waals surface area contributed by atoms with Crippen molar-refractivity contribution in [1.82, 2.24) is 4.57 Å². The number of aromatic nitrogens is 1. The zero-order valence-corrected chi connectivity index (χ0v) is 20.1. The number of benzene rings is 2. The highest BCUT2D eigenvalue weighted by molar-refractivity contribution is 6.25. The van der Waals surface area contributed by atoms with Crippen molar-refractivity contribution >= 4 is 34.6 Å². The van der Waals surface area contributed by atoms with Crippen LogP contribution in [0.3, 0.4) is 0 Å². The number of rotatable bonds is 6. The van der Waals surface area contributed by atoms with Crippen LogP contribution < -0.4 is 4.90 Å². The minimum absolute atomic E-state index is 0.0673. The molecule has 0 saturated carbocycles. The molecule has 4 rings (SSSR count). The van der Waals surface area contributed by atoms with Crippen molar-refractivity contribution in [3.8, 4) is 0 Å². The fraction of sp³-hybridized carbons (Fsp3) is 0.250. The second-order valence-corrected chi connectivity index (χ2v) is 9.27. The van der Waals surface area contributed by atoms with Crippen molar-refractivity contribution in [2.45, 2.75) is 31.8 Å². The van der Waals surface area contributed by atoms with Gasteiger partial charge in [0.25, 0.3) is 5.91 Å². The van der Waals surface area contributed by atoms with Crippen LogP contribution in [0.15, 0.2) is 80.0 Å². The molecule has 2 heterocycles. The topological polar surface area (TPSA) is 77.8 Å². The Morgan fingerprint density at radius 3 is 2.37 bits per heavy atom. The van der Waals surface area contributed by atoms with Crippen molar-refractivity contribution in [2.75, 3.05) is 18.1 Å². The van der Waals surface area contributed by atoms with Crippen LogP contribution in [0.25, 0.3) is 10.9 Å². The maximum Gasteiger partial charge on any atom is 0.419 e. The summed E-state index contributed by atoms with van der Waals surface area (Å²) in [4.78, 5) is 42.6. The van der Waals surface area contributed by atoms with E-state index in [2.05, 4.69) is 13.2 Å². The molecule has 0 radical (unpaired) electrons. The van der Waals surface area contributed by atoms with E-state index in [1.807, 2.05) is 0 Å². The van der Waals surface area contributed by atoms with Gasteiger partial charge in [0.15, 0.2) is 0 Å². The molecule has 0 fully saturated rings. The maximum absolute atomic E-state index is 14.2. The zero-order valence-electron chi connectivity index (χ0n) is 20.1. The number of esters is 1. The fourth-order valence-corrected chi connectivity index (χ4v) is 4.51. The van der Waals surface area contributed by atoms with Gasteiger partial charge in [-0.05, 0) is 32.9 Å². The van der Waals surface area contributed by atoms with Gasteiger partial charge in [-0.25, -0.2) is 4.79 Å². The Morgan fingerprint density at radius 2 is 1.69 bits per heavy atom. The van der Waals surface area contributed by atoms with Crippen LogP contribution >= 0.6 is 0 Å². The first-order valence-electron chi connectivity index (χ1n) is 11.3. The average molecular weight is 473 g/mol. The first-order chi connectivity index (χ1) is 16.7. The van der Waals surface area contributed by atoms with Crippen LogP contribution in [0.4, 0.5) is 10.5 Å². The summed E-state index contributed by atoms with van der Waals surface area (Å²) in [5, 5.41) is 0.567. The average Bonchev–Trinajstić information content (AvgIpc) is 3.31. The summed E-state index contributed by atoms with van der Waals surface area (Å²) in [5.74, 6) is -1.21. The third-order valence-electron chi connectivity index (χ3n) is 5.82. The van der Waals surface area contributed by atoms with Gasteiger partial charge in [-0.3, -0.25) is 14.2 Å². The SMILES string of the molecule is C=CCOC(=O)C1(c2cn(C(=O)OC(C)(C)C)c3ccccc23)C(=O)N(CC=C)c2ccccc21. The normalized spacial score (nSPS) is 17.2. The largest absolute Gasteiger partial charge is 0.460 e. The summed E-state index contributed by atoms with van der Waals surface area (Å²) in [6, 6.07) is 14.2. The van der Waals surface area contributed by atoms with Gasteiger partial charge >= 0.3 is 12.1 Å². The third kappa shape index (κ3) is 3.83. The molecule has 0 spiro atoms. The Balaban J connectivity index is 2.05. The van der Waals surface area contributed by atoms with Crippen molar-refractivity contribution in [1.29, 1.82) is 0 Å². The summed E-state index contributed by atoms with van der Waals surface area (Å²) in [6.07, 6.45) is 3.95. The number of amides is 1. The van der Waals surface area contributed by atoms with Gasteiger partial charge in [0, 0.05) is 34.9 Å². The van der Waals surface area contributed by atoms with E-state index in [9.17, 15) is 14.4 Å². The number of fused-ring (bicyclic) bond motifs is 2. The summed E-state index contributed by atoms with van der Waals surface area (Å²) in [6.45, 7) is 12.8. The van der Waals surface area contributed by atoms with Crippen molar-refractivity contribution in [3.05, 3.63) is 91.2 Å². The molecule has 2 aromatic carbocycles. The van der Waals surface area contributed by atoms with E-state index in [0.29, 0.717) is 27.7 Å². The Hall–Kier alpha value is -4.13. The van der Waals surface area contributed by atoms with Crippen LogP contribution in [0, 0.1) is 0 Å². The van der Waals surface area contributed by atoms with Gasteiger partial charge in [-0.15, -0.1) is 6.58 Å². The number of hydrogen-bond acceptors (Lipinski definition) is 5. The Labute approximate surface area is 204 Å². The summed E-state index contributed by atoms with van der Waals surface area (Å²) in [7, 11) is 0. The number of anilines is 1. The van der Waals surface area contributed by atoms with Gasteiger partial charge < -0.3 is 14.4 Å². The number of hydrogen-bond donors (Lipinski definition) is 0. The van der Waals surface area contributed by atoms with Crippen molar-refractivity contribution in [2.24, 2.45) is 0 Å². The maximum atomic E-state index is 14.2. The van der Waals surface area contributed by atoms with Gasteiger partial charge in [0.05, 0.1) is 5.52 Å². The fourth-order valence-electron chi connectivity index (χ4n) is 4.51. The lowest BCUT2D eigenvalue weighted by Gasteiger charge is -2.26. The molecular weight excluding hydrogens is 444 g/mol. The number of carbonyl (C=O) groups excluding carboxylic acids is 3. The minimum Gasteiger partial charge on any atom is -0.460 e. The number of carbonyl (C=O) groups is 3. The van der Waals surface area contributed by atoms with Gasteiger partial charge in [-0.1, -0.05) is 55.1 Å². The molecule has 0 aliphatic carbocycles. The number of ether oxygens (including phenoxy) is 2. The molecule has 1 aliphatic heterocycles. The molecule has 3 aromatic rings. The first kappa shape index (κ1) is 24.0. The molecule has 1 amide bonds. The highest BCUT2D eigenvalue weighted by atomic mass is 16.6. The van der Waals surface area contributed by atoms with E-state index in [1.165, 1.54) is 21.7 Å². The van der Waals surface area contributed by atoms with E-state index in [-0.39, 0.29) is 13.2 Å². The number of nitrogens with zero attached hydrogens (tertiary/aromatic N) is 2. The molecule has 0 bridgehead atoms. The summed E-state index contributed by atoms with van der Waals surface area (Å²) >= 11 is 0. The Morgan fingerprint density at radius 1 is 1.00 bits per heavy atom. The van der Waals surface area contributed by atoms with Gasteiger partial charge in [0.1, 0.15) is 12.2 Å². The predicted molar refractivity (Wildman–Crippen MR) is 134 cm³/mol. The van der Waals surface area contributed by atoms with Crippen molar-refractivity contribution < 1.29 is 23.9 Å². The van der Waals surface area contributed by atoms with E-state index < -0.39 is 29.0 Å². The summed E-state index contributed by atoms with van der Waals surface area (Å²) in [5.41, 5.74) is -0.637. The molecule has 0 N–H and O–H groups in total. The molecule has 35 heavy (non-hydrogen) atoms. The van der Waals surface area contributed by atoms with Crippen LogP contribution in [0.5, 0.6) is 0 Å².